The molecule has 0 bridgehead atoms. The van der Waals surface area contributed by atoms with Gasteiger partial charge in [0.1, 0.15) is 5.82 Å². The normalized spacial score (nSPS) is 10.2. The first-order valence-corrected chi connectivity index (χ1v) is 4.96. The van der Waals surface area contributed by atoms with Crippen LogP contribution in [0.5, 0.6) is 0 Å². The average Bonchev–Trinajstić information content (AvgIpc) is 2.82. The van der Waals surface area contributed by atoms with E-state index in [-0.39, 0.29) is 28.9 Å². The molecule has 0 unspecified atom stereocenters. The summed E-state index contributed by atoms with van der Waals surface area (Å²) < 4.78 is 0. The van der Waals surface area contributed by atoms with E-state index in [0.29, 0.717) is 5.82 Å². The molecule has 0 atom stereocenters. The lowest BCUT2D eigenvalue weighted by molar-refractivity contribution is 0.0950. The number of carbonyl (C=O) groups is 1. The van der Waals surface area contributed by atoms with Gasteiger partial charge in [-0.05, 0) is 6.07 Å². The Labute approximate surface area is 101 Å². The number of amides is 1. The van der Waals surface area contributed by atoms with E-state index in [1.165, 1.54) is 12.3 Å². The minimum atomic E-state index is -0.381. The minimum Gasteiger partial charge on any atom is -0.384 e. The summed E-state index contributed by atoms with van der Waals surface area (Å²) in [5, 5.41) is 15.8. The molecule has 9 heteroatoms. The Morgan fingerprint density at radius 2 is 2.41 bits per heavy atom. The van der Waals surface area contributed by atoms with Crippen molar-refractivity contribution in [3.05, 3.63) is 28.7 Å². The van der Waals surface area contributed by atoms with Crippen LogP contribution in [0.2, 0.25) is 5.02 Å². The molecule has 4 N–H and O–H groups in total. The number of nitrogens with one attached hydrogen (secondary N) is 2. The van der Waals surface area contributed by atoms with E-state index < -0.39 is 0 Å². The van der Waals surface area contributed by atoms with Crippen molar-refractivity contribution in [1.29, 1.82) is 0 Å². The van der Waals surface area contributed by atoms with Crippen LogP contribution in [0, 0.1) is 0 Å². The molecule has 2 aromatic rings. The van der Waals surface area contributed by atoms with Crippen molar-refractivity contribution in [2.75, 3.05) is 5.73 Å². The Morgan fingerprint density at radius 1 is 1.59 bits per heavy atom. The second-order valence-corrected chi connectivity index (χ2v) is 3.51. The van der Waals surface area contributed by atoms with Gasteiger partial charge in [0.15, 0.2) is 5.82 Å². The molecule has 0 aliphatic rings. The molecular weight excluding hydrogens is 246 g/mol. The number of aromatic amines is 1. The Morgan fingerprint density at radius 3 is 3.12 bits per heavy atom. The minimum absolute atomic E-state index is 0.147. The summed E-state index contributed by atoms with van der Waals surface area (Å²) in [6.07, 6.45) is 1.32. The van der Waals surface area contributed by atoms with Crippen molar-refractivity contribution in [1.82, 2.24) is 30.9 Å². The predicted octanol–water partition coefficient (Wildman–Crippen LogP) is -0.240. The van der Waals surface area contributed by atoms with Gasteiger partial charge in [-0.25, -0.2) is 4.98 Å². The first kappa shape index (κ1) is 11.3. The lowest BCUT2D eigenvalue weighted by Gasteiger charge is -2.04. The molecule has 17 heavy (non-hydrogen) atoms. The smallest absolute Gasteiger partial charge is 0.253 e. The molecule has 88 valence electrons. The van der Waals surface area contributed by atoms with Gasteiger partial charge in [0.25, 0.3) is 5.91 Å². The highest BCUT2D eigenvalue weighted by Crippen LogP contribution is 2.16. The number of aromatic nitrogens is 5. The maximum Gasteiger partial charge on any atom is 0.253 e. The molecule has 2 rings (SSSR count). The van der Waals surface area contributed by atoms with Gasteiger partial charge in [0.2, 0.25) is 0 Å². The van der Waals surface area contributed by atoms with Crippen molar-refractivity contribution >= 4 is 23.3 Å². The molecule has 0 saturated heterocycles. The van der Waals surface area contributed by atoms with E-state index in [1.54, 1.807) is 0 Å². The number of nitrogens with zero attached hydrogens (tertiary/aromatic N) is 4. The largest absolute Gasteiger partial charge is 0.384 e. The molecule has 0 spiro atoms. The third-order valence-corrected chi connectivity index (χ3v) is 2.22. The van der Waals surface area contributed by atoms with Crippen molar-refractivity contribution in [3.63, 3.8) is 0 Å². The number of nitrogen functional groups attached to an aromatic ring is 1. The number of rotatable bonds is 3. The van der Waals surface area contributed by atoms with Crippen molar-refractivity contribution in [3.8, 4) is 0 Å². The number of nitrogens with two attached hydrogens (primary N) is 1. The summed E-state index contributed by atoms with van der Waals surface area (Å²) in [5.74, 6) is 0.213. The number of pyridine rings is 1. The standard InChI is InChI=1S/C8H8ClN7O/c9-5-2-11-6(10)1-4(5)8(17)12-3-7-13-15-16-14-7/h1-2H,3H2,(H2,10,11)(H,12,17)(H,13,14,15,16). The van der Waals surface area contributed by atoms with Gasteiger partial charge in [0, 0.05) is 6.20 Å². The fourth-order valence-electron chi connectivity index (χ4n) is 1.14. The molecule has 2 aromatic heterocycles. The zero-order valence-corrected chi connectivity index (χ0v) is 9.27. The highest BCUT2D eigenvalue weighted by molar-refractivity contribution is 6.33. The average molecular weight is 254 g/mol. The van der Waals surface area contributed by atoms with Gasteiger partial charge in [-0.3, -0.25) is 4.79 Å². The number of tetrazole rings is 1. The first-order valence-electron chi connectivity index (χ1n) is 4.58. The Kier molecular flexibility index (Phi) is 3.15. The number of hydrogen-bond donors (Lipinski definition) is 3. The molecule has 2 heterocycles. The number of carbonyl (C=O) groups excluding carboxylic acids is 1. The summed E-state index contributed by atoms with van der Waals surface area (Å²) in [4.78, 5) is 15.5. The van der Waals surface area contributed by atoms with Crippen LogP contribution in [0.15, 0.2) is 12.3 Å². The number of halogens is 1. The Balaban J connectivity index is 2.07. The quantitative estimate of drug-likeness (QED) is 0.694. The van der Waals surface area contributed by atoms with E-state index in [1.807, 2.05) is 0 Å². The predicted molar refractivity (Wildman–Crippen MR) is 59.0 cm³/mol. The second-order valence-electron chi connectivity index (χ2n) is 3.10. The SMILES string of the molecule is Nc1cc(C(=O)NCc2nn[nH]n2)c(Cl)cn1. The number of H-pyrrole nitrogens is 1. The fourth-order valence-corrected chi connectivity index (χ4v) is 1.33. The van der Waals surface area contributed by atoms with Crippen LogP contribution in [0.4, 0.5) is 5.82 Å². The van der Waals surface area contributed by atoms with E-state index in [0.717, 1.165) is 0 Å². The second kappa shape index (κ2) is 4.74. The topological polar surface area (TPSA) is 122 Å². The zero-order valence-electron chi connectivity index (χ0n) is 8.51. The maximum atomic E-state index is 11.7. The molecule has 1 amide bonds. The summed E-state index contributed by atoms with van der Waals surface area (Å²) >= 11 is 5.82. The highest BCUT2D eigenvalue weighted by Gasteiger charge is 2.11. The van der Waals surface area contributed by atoms with Gasteiger partial charge >= 0.3 is 0 Å². The van der Waals surface area contributed by atoms with E-state index >= 15 is 0 Å². The third-order valence-electron chi connectivity index (χ3n) is 1.92. The molecule has 0 aliphatic carbocycles. The van der Waals surface area contributed by atoms with Crippen molar-refractivity contribution in [2.24, 2.45) is 0 Å². The summed E-state index contributed by atoms with van der Waals surface area (Å²) in [6.45, 7) is 0.147. The van der Waals surface area contributed by atoms with Crippen molar-refractivity contribution < 1.29 is 4.79 Å². The van der Waals surface area contributed by atoms with Gasteiger partial charge in [-0.15, -0.1) is 10.2 Å². The van der Waals surface area contributed by atoms with Crippen LogP contribution >= 0.6 is 11.6 Å². The van der Waals surface area contributed by atoms with Crippen LogP contribution in [0.3, 0.4) is 0 Å². The molecular formula is C8H8ClN7O. The highest BCUT2D eigenvalue weighted by atomic mass is 35.5. The Bertz CT molecular complexity index is 527. The first-order chi connectivity index (χ1) is 8.16. The Hall–Kier alpha value is -2.22. The molecule has 0 radical (unpaired) electrons. The molecule has 0 saturated carbocycles. The monoisotopic (exact) mass is 253 g/mol. The van der Waals surface area contributed by atoms with Crippen LogP contribution in [0.1, 0.15) is 16.2 Å². The lowest BCUT2D eigenvalue weighted by Crippen LogP contribution is -2.24. The molecule has 0 fully saturated rings. The van der Waals surface area contributed by atoms with Crippen LogP contribution < -0.4 is 11.1 Å². The summed E-state index contributed by atoms with van der Waals surface area (Å²) in [7, 11) is 0. The lowest BCUT2D eigenvalue weighted by atomic mass is 10.2. The van der Waals surface area contributed by atoms with E-state index in [2.05, 4.69) is 30.9 Å². The fraction of sp³-hybridized carbons (Fsp3) is 0.125. The summed E-state index contributed by atoms with van der Waals surface area (Å²) in [6, 6.07) is 1.40. The number of anilines is 1. The van der Waals surface area contributed by atoms with Crippen molar-refractivity contribution in [2.45, 2.75) is 6.54 Å². The zero-order chi connectivity index (χ0) is 12.3. The maximum absolute atomic E-state index is 11.7. The van der Waals surface area contributed by atoms with Crippen LogP contribution in [0.25, 0.3) is 0 Å². The van der Waals surface area contributed by atoms with Gasteiger partial charge in [-0.1, -0.05) is 16.8 Å². The van der Waals surface area contributed by atoms with E-state index in [4.69, 9.17) is 17.3 Å². The van der Waals surface area contributed by atoms with E-state index in [9.17, 15) is 4.79 Å². The van der Waals surface area contributed by atoms with Crippen LogP contribution in [-0.2, 0) is 6.54 Å². The molecule has 8 nitrogen and oxygen atoms in total. The van der Waals surface area contributed by atoms with Crippen LogP contribution in [-0.4, -0.2) is 31.5 Å². The molecule has 0 aliphatic heterocycles. The number of hydrogen-bond acceptors (Lipinski definition) is 6. The molecule has 0 aromatic carbocycles. The van der Waals surface area contributed by atoms with Gasteiger partial charge < -0.3 is 11.1 Å². The van der Waals surface area contributed by atoms with Gasteiger partial charge in [0.05, 0.1) is 17.1 Å². The summed E-state index contributed by atoms with van der Waals surface area (Å²) in [5.41, 5.74) is 5.72. The third kappa shape index (κ3) is 2.67. The van der Waals surface area contributed by atoms with Gasteiger partial charge in [-0.2, -0.15) is 5.21 Å².